The predicted octanol–water partition coefficient (Wildman–Crippen LogP) is -0.265. The van der Waals surface area contributed by atoms with Crippen LogP contribution < -0.4 is 0 Å². The molecule has 2 aliphatic heterocycles. The first-order chi connectivity index (χ1) is 8.88. The van der Waals surface area contributed by atoms with Crippen molar-refractivity contribution in [3.8, 4) is 0 Å². The van der Waals surface area contributed by atoms with Crippen LogP contribution in [0.4, 0.5) is 4.79 Å². The number of amides is 2. The lowest BCUT2D eigenvalue weighted by Crippen LogP contribution is -2.54. The smallest absolute Gasteiger partial charge is 0.326 e. The predicted molar refractivity (Wildman–Crippen MR) is 65.7 cm³/mol. The molecule has 0 aromatic carbocycles. The summed E-state index contributed by atoms with van der Waals surface area (Å²) >= 11 is 0. The standard InChI is InChI=1S/C12H20N2O5/c1-7-4-13(5-8(2)19-7)12(18)14-6-9(15)3-10(14)11(16)17/h7-10,15H,3-6H2,1-2H3,(H,16,17)/t7?,8?,9-,10+/m1/s1. The third-order valence-corrected chi connectivity index (χ3v) is 3.50. The first-order valence-electron chi connectivity index (χ1n) is 6.50. The second kappa shape index (κ2) is 5.34. The Morgan fingerprint density at radius 1 is 1.16 bits per heavy atom. The van der Waals surface area contributed by atoms with Crippen molar-refractivity contribution in [1.29, 1.82) is 0 Å². The van der Waals surface area contributed by atoms with E-state index in [4.69, 9.17) is 9.84 Å². The number of nitrogens with zero attached hydrogens (tertiary/aromatic N) is 2. The maximum Gasteiger partial charge on any atom is 0.326 e. The van der Waals surface area contributed by atoms with E-state index in [2.05, 4.69) is 0 Å². The maximum atomic E-state index is 12.4. The van der Waals surface area contributed by atoms with Gasteiger partial charge >= 0.3 is 12.0 Å². The minimum absolute atomic E-state index is 0.0662. The van der Waals surface area contributed by atoms with Crippen molar-refractivity contribution >= 4 is 12.0 Å². The summed E-state index contributed by atoms with van der Waals surface area (Å²) in [6.07, 6.45) is -0.802. The van der Waals surface area contributed by atoms with Gasteiger partial charge in [0.05, 0.1) is 18.3 Å². The van der Waals surface area contributed by atoms with E-state index in [9.17, 15) is 14.7 Å². The fraction of sp³-hybridized carbons (Fsp3) is 0.833. The van der Waals surface area contributed by atoms with Crippen LogP contribution in [0, 0.1) is 0 Å². The largest absolute Gasteiger partial charge is 0.480 e. The first-order valence-corrected chi connectivity index (χ1v) is 6.50. The van der Waals surface area contributed by atoms with Crippen LogP contribution in [0.5, 0.6) is 0 Å². The summed E-state index contributed by atoms with van der Waals surface area (Å²) in [6.45, 7) is 4.73. The number of morpholine rings is 1. The molecule has 7 nitrogen and oxygen atoms in total. The lowest BCUT2D eigenvalue weighted by atomic mass is 10.2. The Morgan fingerprint density at radius 3 is 2.26 bits per heavy atom. The van der Waals surface area contributed by atoms with Crippen molar-refractivity contribution in [1.82, 2.24) is 9.80 Å². The Labute approximate surface area is 111 Å². The van der Waals surface area contributed by atoms with Crippen LogP contribution in [0.15, 0.2) is 0 Å². The zero-order valence-electron chi connectivity index (χ0n) is 11.2. The van der Waals surface area contributed by atoms with Gasteiger partial charge in [0, 0.05) is 26.1 Å². The fourth-order valence-corrected chi connectivity index (χ4v) is 2.78. The van der Waals surface area contributed by atoms with Crippen LogP contribution in [0.2, 0.25) is 0 Å². The normalized spacial score (nSPS) is 35.5. The topological polar surface area (TPSA) is 90.3 Å². The second-order valence-electron chi connectivity index (χ2n) is 5.34. The number of aliphatic carboxylic acids is 1. The highest BCUT2D eigenvalue weighted by Gasteiger charge is 2.41. The molecular weight excluding hydrogens is 252 g/mol. The van der Waals surface area contributed by atoms with Crippen molar-refractivity contribution in [3.63, 3.8) is 0 Å². The molecule has 2 amide bonds. The Hall–Kier alpha value is -1.34. The molecule has 0 aromatic rings. The van der Waals surface area contributed by atoms with Crippen LogP contribution in [0.25, 0.3) is 0 Å². The number of aliphatic hydroxyl groups excluding tert-OH is 1. The molecule has 2 unspecified atom stereocenters. The number of aliphatic hydroxyl groups is 1. The Morgan fingerprint density at radius 2 is 1.74 bits per heavy atom. The van der Waals surface area contributed by atoms with Gasteiger partial charge in [-0.15, -0.1) is 0 Å². The number of carboxylic acids is 1. The molecule has 0 saturated carbocycles. The molecular formula is C12H20N2O5. The average molecular weight is 272 g/mol. The molecule has 2 rings (SSSR count). The van der Waals surface area contributed by atoms with Crippen LogP contribution in [-0.4, -0.2) is 76.0 Å². The molecule has 0 bridgehead atoms. The molecule has 0 radical (unpaired) electrons. The third kappa shape index (κ3) is 2.98. The molecule has 0 aromatic heterocycles. The van der Waals surface area contributed by atoms with Crippen molar-refractivity contribution in [2.45, 2.75) is 44.6 Å². The lowest BCUT2D eigenvalue weighted by Gasteiger charge is -2.38. The van der Waals surface area contributed by atoms with Gasteiger partial charge in [0.1, 0.15) is 6.04 Å². The molecule has 2 aliphatic rings. The van der Waals surface area contributed by atoms with Crippen LogP contribution in [-0.2, 0) is 9.53 Å². The van der Waals surface area contributed by atoms with Gasteiger partial charge in [0.25, 0.3) is 0 Å². The highest BCUT2D eigenvalue weighted by molar-refractivity contribution is 5.83. The summed E-state index contributed by atoms with van der Waals surface area (Å²) in [5, 5.41) is 18.7. The summed E-state index contributed by atoms with van der Waals surface area (Å²) in [7, 11) is 0. The summed E-state index contributed by atoms with van der Waals surface area (Å²) in [6, 6.07) is -1.26. The highest BCUT2D eigenvalue weighted by atomic mass is 16.5. The van der Waals surface area contributed by atoms with Gasteiger partial charge in [-0.2, -0.15) is 0 Å². The van der Waals surface area contributed by atoms with Crippen LogP contribution in [0.1, 0.15) is 20.3 Å². The van der Waals surface area contributed by atoms with Crippen LogP contribution in [0.3, 0.4) is 0 Å². The molecule has 2 heterocycles. The molecule has 2 fully saturated rings. The SMILES string of the molecule is CC1CN(C(=O)N2C[C@H](O)C[C@H]2C(=O)O)CC(C)O1. The second-order valence-corrected chi connectivity index (χ2v) is 5.34. The number of carbonyl (C=O) groups excluding carboxylic acids is 1. The first kappa shape index (κ1) is 14.1. The van der Waals surface area contributed by atoms with E-state index >= 15 is 0 Å². The molecule has 7 heteroatoms. The van der Waals surface area contributed by atoms with E-state index in [0.717, 1.165) is 0 Å². The third-order valence-electron chi connectivity index (χ3n) is 3.50. The van der Waals surface area contributed by atoms with E-state index < -0.39 is 18.1 Å². The van der Waals surface area contributed by atoms with E-state index in [0.29, 0.717) is 13.1 Å². The molecule has 4 atom stereocenters. The number of likely N-dealkylation sites (tertiary alicyclic amines) is 1. The zero-order valence-corrected chi connectivity index (χ0v) is 11.2. The number of hydrogen-bond donors (Lipinski definition) is 2. The summed E-state index contributed by atoms with van der Waals surface area (Å²) < 4.78 is 5.55. The number of urea groups is 1. The monoisotopic (exact) mass is 272 g/mol. The number of carboxylic acid groups (broad SMARTS) is 1. The van der Waals surface area contributed by atoms with Gasteiger partial charge in [-0.3, -0.25) is 0 Å². The molecule has 108 valence electrons. The van der Waals surface area contributed by atoms with Crippen molar-refractivity contribution in [2.75, 3.05) is 19.6 Å². The van der Waals surface area contributed by atoms with Gasteiger partial charge in [0.15, 0.2) is 0 Å². The molecule has 2 N–H and O–H groups in total. The van der Waals surface area contributed by atoms with Crippen molar-refractivity contribution in [2.24, 2.45) is 0 Å². The summed E-state index contributed by atoms with van der Waals surface area (Å²) in [5.74, 6) is -1.07. The summed E-state index contributed by atoms with van der Waals surface area (Å²) in [4.78, 5) is 26.4. The van der Waals surface area contributed by atoms with Gasteiger partial charge in [-0.25, -0.2) is 9.59 Å². The number of ether oxygens (including phenoxy) is 1. The molecule has 0 spiro atoms. The van der Waals surface area contributed by atoms with Crippen molar-refractivity contribution < 1.29 is 24.5 Å². The van der Waals surface area contributed by atoms with Gasteiger partial charge in [-0.1, -0.05) is 0 Å². The Balaban J connectivity index is 2.07. The van der Waals surface area contributed by atoms with Crippen LogP contribution >= 0.6 is 0 Å². The molecule has 2 saturated heterocycles. The summed E-state index contributed by atoms with van der Waals surface area (Å²) in [5.41, 5.74) is 0. The minimum Gasteiger partial charge on any atom is -0.480 e. The highest BCUT2D eigenvalue weighted by Crippen LogP contribution is 2.22. The van der Waals surface area contributed by atoms with E-state index in [1.807, 2.05) is 13.8 Å². The maximum absolute atomic E-state index is 12.4. The van der Waals surface area contributed by atoms with E-state index in [-0.39, 0.29) is 31.2 Å². The van der Waals surface area contributed by atoms with Gasteiger partial charge in [0.2, 0.25) is 0 Å². The fourth-order valence-electron chi connectivity index (χ4n) is 2.78. The minimum atomic E-state index is -1.07. The van der Waals surface area contributed by atoms with Gasteiger partial charge in [-0.05, 0) is 13.8 Å². The quantitative estimate of drug-likeness (QED) is 0.686. The van der Waals surface area contributed by atoms with Gasteiger partial charge < -0.3 is 24.7 Å². The van der Waals surface area contributed by atoms with E-state index in [1.54, 1.807) is 4.90 Å². The lowest BCUT2D eigenvalue weighted by molar-refractivity contribution is -0.141. The molecule has 19 heavy (non-hydrogen) atoms. The zero-order chi connectivity index (χ0) is 14.2. The molecule has 0 aliphatic carbocycles. The average Bonchev–Trinajstić information content (AvgIpc) is 2.69. The number of hydrogen-bond acceptors (Lipinski definition) is 4. The Bertz CT molecular complexity index is 365. The number of rotatable bonds is 1. The Kier molecular flexibility index (Phi) is 3.96. The number of carbonyl (C=O) groups is 2. The number of β-amino-alcohol motifs (C(OH)–C–C–N with tert-alkyl or cyclic N) is 1. The van der Waals surface area contributed by atoms with E-state index in [1.165, 1.54) is 4.90 Å². The van der Waals surface area contributed by atoms with Crippen molar-refractivity contribution in [3.05, 3.63) is 0 Å².